The van der Waals surface area contributed by atoms with Crippen molar-refractivity contribution in [3.63, 3.8) is 0 Å². The summed E-state index contributed by atoms with van der Waals surface area (Å²) in [6, 6.07) is 8.78. The van der Waals surface area contributed by atoms with Gasteiger partial charge in [0.05, 0.1) is 4.88 Å². The topological polar surface area (TPSA) is 75.7 Å². The quantitative estimate of drug-likeness (QED) is 0.726. The number of benzene rings is 1. The molecule has 1 aromatic heterocycles. The molecular formula is C22H26N2O4S. The van der Waals surface area contributed by atoms with E-state index in [2.05, 4.69) is 19.2 Å². The maximum absolute atomic E-state index is 12.6. The van der Waals surface area contributed by atoms with Gasteiger partial charge in [0.15, 0.2) is 6.61 Å². The molecule has 29 heavy (non-hydrogen) atoms. The van der Waals surface area contributed by atoms with Gasteiger partial charge >= 0.3 is 5.97 Å². The van der Waals surface area contributed by atoms with Crippen LogP contribution in [0.25, 0.3) is 0 Å². The van der Waals surface area contributed by atoms with Crippen molar-refractivity contribution >= 4 is 34.8 Å². The second-order valence-electron chi connectivity index (χ2n) is 7.48. The molecule has 0 saturated carbocycles. The normalized spacial score (nSPS) is 16.1. The first-order chi connectivity index (χ1) is 13.9. The van der Waals surface area contributed by atoms with Crippen LogP contribution in [0.2, 0.25) is 0 Å². The van der Waals surface area contributed by atoms with Crippen molar-refractivity contribution in [2.45, 2.75) is 45.6 Å². The van der Waals surface area contributed by atoms with Crippen molar-refractivity contribution in [1.82, 2.24) is 4.90 Å². The van der Waals surface area contributed by atoms with Crippen LogP contribution in [0.1, 0.15) is 53.4 Å². The molecule has 0 bridgehead atoms. The number of amides is 2. The van der Waals surface area contributed by atoms with E-state index < -0.39 is 12.0 Å². The van der Waals surface area contributed by atoms with Crippen molar-refractivity contribution in [2.75, 3.05) is 18.5 Å². The molecule has 1 aliphatic rings. The lowest BCUT2D eigenvalue weighted by Gasteiger charge is -2.22. The largest absolute Gasteiger partial charge is 0.454 e. The van der Waals surface area contributed by atoms with Gasteiger partial charge in [-0.1, -0.05) is 38.1 Å². The van der Waals surface area contributed by atoms with E-state index >= 15 is 0 Å². The molecule has 3 rings (SSSR count). The van der Waals surface area contributed by atoms with Gasteiger partial charge in [0, 0.05) is 12.2 Å². The molecule has 0 spiro atoms. The summed E-state index contributed by atoms with van der Waals surface area (Å²) < 4.78 is 5.26. The van der Waals surface area contributed by atoms with Gasteiger partial charge in [0.25, 0.3) is 11.8 Å². The second kappa shape index (κ2) is 9.22. The molecule has 0 radical (unpaired) electrons. The smallest absolute Gasteiger partial charge is 0.329 e. The molecule has 1 aliphatic heterocycles. The molecule has 1 aromatic carbocycles. The SMILES string of the molecule is Cc1cccc(C(C)C)c1NC(=O)COC(=O)[C@@H]1CCCN1C(=O)c1cccs1. The lowest BCUT2D eigenvalue weighted by molar-refractivity contribution is -0.151. The van der Waals surface area contributed by atoms with E-state index in [0.717, 1.165) is 23.2 Å². The maximum atomic E-state index is 12.6. The first-order valence-corrected chi connectivity index (χ1v) is 10.7. The highest BCUT2D eigenvalue weighted by atomic mass is 32.1. The van der Waals surface area contributed by atoms with Gasteiger partial charge in [0.2, 0.25) is 0 Å². The number of hydrogen-bond acceptors (Lipinski definition) is 5. The fraction of sp³-hybridized carbons (Fsp3) is 0.409. The molecule has 1 atom stereocenters. The number of nitrogens with zero attached hydrogens (tertiary/aromatic N) is 1. The van der Waals surface area contributed by atoms with Crippen molar-refractivity contribution in [2.24, 2.45) is 0 Å². The Kier molecular flexibility index (Phi) is 6.69. The number of esters is 1. The third-order valence-corrected chi connectivity index (χ3v) is 5.91. The van der Waals surface area contributed by atoms with Crippen LogP contribution in [0.15, 0.2) is 35.7 Å². The molecular weight excluding hydrogens is 388 g/mol. The number of thiophene rings is 1. The molecule has 1 N–H and O–H groups in total. The maximum Gasteiger partial charge on any atom is 0.329 e. The zero-order valence-corrected chi connectivity index (χ0v) is 17.8. The van der Waals surface area contributed by atoms with Crippen LogP contribution in [-0.4, -0.2) is 41.9 Å². The van der Waals surface area contributed by atoms with E-state index in [1.807, 2.05) is 36.6 Å². The van der Waals surface area contributed by atoms with E-state index in [1.54, 1.807) is 11.0 Å². The molecule has 7 heteroatoms. The highest BCUT2D eigenvalue weighted by molar-refractivity contribution is 7.12. The minimum Gasteiger partial charge on any atom is -0.454 e. The van der Waals surface area contributed by atoms with Crippen molar-refractivity contribution < 1.29 is 19.1 Å². The zero-order chi connectivity index (χ0) is 21.0. The Morgan fingerprint density at radius 3 is 2.72 bits per heavy atom. The fourth-order valence-corrected chi connectivity index (χ4v) is 4.23. The van der Waals surface area contributed by atoms with Gasteiger partial charge in [0.1, 0.15) is 6.04 Å². The number of carbonyl (C=O) groups is 3. The van der Waals surface area contributed by atoms with E-state index in [1.165, 1.54) is 11.3 Å². The molecule has 1 fully saturated rings. The van der Waals surface area contributed by atoms with Crippen LogP contribution in [0.4, 0.5) is 5.69 Å². The lowest BCUT2D eigenvalue weighted by atomic mass is 9.98. The minimum absolute atomic E-state index is 0.162. The van der Waals surface area contributed by atoms with Crippen LogP contribution in [0, 0.1) is 6.92 Å². The second-order valence-corrected chi connectivity index (χ2v) is 8.43. The summed E-state index contributed by atoms with van der Waals surface area (Å²) in [7, 11) is 0. The molecule has 2 aromatic rings. The molecule has 6 nitrogen and oxygen atoms in total. The van der Waals surface area contributed by atoms with Crippen LogP contribution in [-0.2, 0) is 14.3 Å². The Labute approximate surface area is 174 Å². The van der Waals surface area contributed by atoms with Gasteiger partial charge < -0.3 is 15.0 Å². The third-order valence-electron chi connectivity index (χ3n) is 5.05. The summed E-state index contributed by atoms with van der Waals surface area (Å²) in [6.45, 7) is 6.19. The number of hydrogen-bond donors (Lipinski definition) is 1. The first kappa shape index (κ1) is 21.0. The Balaban J connectivity index is 1.59. The predicted molar refractivity (Wildman–Crippen MR) is 113 cm³/mol. The molecule has 2 amide bonds. The summed E-state index contributed by atoms with van der Waals surface area (Å²) in [4.78, 5) is 39.7. The number of aryl methyl sites for hydroxylation is 1. The monoisotopic (exact) mass is 414 g/mol. The molecule has 154 valence electrons. The Morgan fingerprint density at radius 1 is 1.24 bits per heavy atom. The average molecular weight is 415 g/mol. The number of carbonyl (C=O) groups excluding carboxylic acids is 3. The van der Waals surface area contributed by atoms with Gasteiger partial charge in [-0.25, -0.2) is 4.79 Å². The number of nitrogens with one attached hydrogen (secondary N) is 1. The van der Waals surface area contributed by atoms with Crippen molar-refractivity contribution in [1.29, 1.82) is 0 Å². The highest BCUT2D eigenvalue weighted by Crippen LogP contribution is 2.27. The number of anilines is 1. The Morgan fingerprint density at radius 2 is 2.03 bits per heavy atom. The summed E-state index contributed by atoms with van der Waals surface area (Å²) in [5.41, 5.74) is 2.76. The summed E-state index contributed by atoms with van der Waals surface area (Å²) >= 11 is 1.35. The highest BCUT2D eigenvalue weighted by Gasteiger charge is 2.36. The van der Waals surface area contributed by atoms with Crippen LogP contribution < -0.4 is 5.32 Å². The first-order valence-electron chi connectivity index (χ1n) is 9.79. The molecule has 0 aliphatic carbocycles. The number of para-hydroxylation sites is 1. The van der Waals surface area contributed by atoms with Gasteiger partial charge in [-0.2, -0.15) is 0 Å². The van der Waals surface area contributed by atoms with Crippen molar-refractivity contribution in [3.8, 4) is 0 Å². The molecule has 1 saturated heterocycles. The zero-order valence-electron chi connectivity index (χ0n) is 16.9. The Bertz CT molecular complexity index is 892. The summed E-state index contributed by atoms with van der Waals surface area (Å²) in [6.07, 6.45) is 1.29. The van der Waals surface area contributed by atoms with Gasteiger partial charge in [-0.05, 0) is 48.3 Å². The fourth-order valence-electron chi connectivity index (χ4n) is 3.55. The average Bonchev–Trinajstić information content (AvgIpc) is 3.39. The number of likely N-dealkylation sites (tertiary alicyclic amines) is 1. The standard InChI is InChI=1S/C22H26N2O4S/c1-14(2)16-8-4-7-15(3)20(16)23-19(25)13-28-22(27)17-9-5-11-24(17)21(26)18-10-6-12-29-18/h4,6-8,10,12,14,17H,5,9,11,13H2,1-3H3,(H,23,25)/t17-/m0/s1. The summed E-state index contributed by atoms with van der Waals surface area (Å²) in [5.74, 6) is -0.825. The van der Waals surface area contributed by atoms with Crippen LogP contribution in [0.3, 0.4) is 0 Å². The molecule has 0 unspecified atom stereocenters. The van der Waals surface area contributed by atoms with E-state index in [4.69, 9.17) is 4.74 Å². The predicted octanol–water partition coefficient (Wildman–Crippen LogP) is 3.97. The molecule has 2 heterocycles. The lowest BCUT2D eigenvalue weighted by Crippen LogP contribution is -2.41. The van der Waals surface area contributed by atoms with E-state index in [0.29, 0.717) is 17.8 Å². The van der Waals surface area contributed by atoms with E-state index in [9.17, 15) is 14.4 Å². The van der Waals surface area contributed by atoms with Crippen LogP contribution >= 0.6 is 11.3 Å². The summed E-state index contributed by atoms with van der Waals surface area (Å²) in [5, 5.41) is 4.70. The minimum atomic E-state index is -0.637. The van der Waals surface area contributed by atoms with Gasteiger partial charge in [-0.15, -0.1) is 11.3 Å². The van der Waals surface area contributed by atoms with Gasteiger partial charge in [-0.3, -0.25) is 9.59 Å². The third kappa shape index (κ3) is 4.85. The van der Waals surface area contributed by atoms with Crippen LogP contribution in [0.5, 0.6) is 0 Å². The van der Waals surface area contributed by atoms with E-state index in [-0.39, 0.29) is 24.3 Å². The number of ether oxygens (including phenoxy) is 1. The number of rotatable bonds is 6. The Hall–Kier alpha value is -2.67. The van der Waals surface area contributed by atoms with Crippen molar-refractivity contribution in [3.05, 3.63) is 51.7 Å².